The minimum atomic E-state index is 0.371. The number of carbonyl (C=O) groups is 1. The zero-order chi connectivity index (χ0) is 16.8. The van der Waals surface area contributed by atoms with Crippen LogP contribution in [0, 0.1) is 5.92 Å². The van der Waals surface area contributed by atoms with E-state index in [1.165, 1.54) is 83.5 Å². The van der Waals surface area contributed by atoms with E-state index in [2.05, 4.69) is 18.7 Å². The van der Waals surface area contributed by atoms with Gasteiger partial charge in [0.15, 0.2) is 0 Å². The maximum absolute atomic E-state index is 12.6. The molecule has 1 amide bonds. The molecule has 0 N–H and O–H groups in total. The van der Waals surface area contributed by atoms with Gasteiger partial charge in [-0.2, -0.15) is 0 Å². The fourth-order valence-electron chi connectivity index (χ4n) is 3.41. The van der Waals surface area contributed by atoms with Gasteiger partial charge in [-0.15, -0.1) is 0 Å². The zero-order valence-corrected chi connectivity index (χ0v) is 16.0. The van der Waals surface area contributed by atoms with Crippen LogP contribution in [0.15, 0.2) is 0 Å². The van der Waals surface area contributed by atoms with Gasteiger partial charge in [-0.3, -0.25) is 4.79 Å². The van der Waals surface area contributed by atoms with Crippen molar-refractivity contribution in [1.82, 2.24) is 4.90 Å². The normalized spacial score (nSPS) is 14.7. The average Bonchev–Trinajstić information content (AvgIpc) is 2.50. The second-order valence-electron chi connectivity index (χ2n) is 7.49. The van der Waals surface area contributed by atoms with Crippen LogP contribution in [0.5, 0.6) is 0 Å². The number of nitrogens with zero attached hydrogens (tertiary/aromatic N) is 1. The first-order valence-corrected chi connectivity index (χ1v) is 10.6. The van der Waals surface area contributed by atoms with Gasteiger partial charge in [0.25, 0.3) is 0 Å². The van der Waals surface area contributed by atoms with Crippen molar-refractivity contribution in [2.75, 3.05) is 13.1 Å². The van der Waals surface area contributed by atoms with Gasteiger partial charge in [-0.05, 0) is 25.7 Å². The molecule has 0 radical (unpaired) electrons. The minimum Gasteiger partial charge on any atom is -0.342 e. The van der Waals surface area contributed by atoms with E-state index in [9.17, 15) is 4.79 Å². The Kier molecular flexibility index (Phi) is 12.4. The van der Waals surface area contributed by atoms with Crippen LogP contribution >= 0.6 is 0 Å². The third kappa shape index (κ3) is 9.37. The molecule has 0 unspecified atom stereocenters. The summed E-state index contributed by atoms with van der Waals surface area (Å²) in [4.78, 5) is 14.8. The van der Waals surface area contributed by atoms with Crippen molar-refractivity contribution in [3.63, 3.8) is 0 Å². The van der Waals surface area contributed by atoms with Crippen molar-refractivity contribution in [3.8, 4) is 0 Å². The molecule has 136 valence electrons. The van der Waals surface area contributed by atoms with Gasteiger partial charge in [0.05, 0.1) is 0 Å². The molecule has 1 aliphatic rings. The van der Waals surface area contributed by atoms with E-state index in [1.54, 1.807) is 0 Å². The first-order chi connectivity index (χ1) is 11.3. The molecule has 0 saturated heterocycles. The van der Waals surface area contributed by atoms with E-state index in [0.717, 1.165) is 25.9 Å². The van der Waals surface area contributed by atoms with Crippen LogP contribution in [0.25, 0.3) is 0 Å². The highest BCUT2D eigenvalue weighted by Crippen LogP contribution is 2.28. The molecule has 23 heavy (non-hydrogen) atoms. The van der Waals surface area contributed by atoms with Crippen molar-refractivity contribution >= 4 is 5.91 Å². The molecule has 0 aromatic carbocycles. The summed E-state index contributed by atoms with van der Waals surface area (Å²) in [5.74, 6) is 0.841. The lowest BCUT2D eigenvalue weighted by Gasteiger charge is -2.32. The molecule has 2 nitrogen and oxygen atoms in total. The smallest absolute Gasteiger partial charge is 0.225 e. The molecule has 0 spiro atoms. The van der Waals surface area contributed by atoms with Gasteiger partial charge in [-0.1, -0.05) is 84.5 Å². The number of amides is 1. The van der Waals surface area contributed by atoms with Gasteiger partial charge in [0.1, 0.15) is 0 Å². The lowest BCUT2D eigenvalue weighted by Crippen LogP contribution is -2.40. The third-order valence-electron chi connectivity index (χ3n) is 5.33. The molecule has 0 bridgehead atoms. The summed E-state index contributed by atoms with van der Waals surface area (Å²) in [6.07, 6.45) is 19.3. The summed E-state index contributed by atoms with van der Waals surface area (Å²) in [6.45, 7) is 6.55. The van der Waals surface area contributed by atoms with Crippen molar-refractivity contribution in [3.05, 3.63) is 0 Å². The first kappa shape index (κ1) is 20.5. The standard InChI is InChI=1S/C21H41NO/c1-3-5-7-9-11-13-18-22(21(23)20-16-15-17-20)19-14-12-10-8-6-4-2/h20H,3-19H2,1-2H3. The Hall–Kier alpha value is -0.530. The maximum atomic E-state index is 12.6. The Morgan fingerprint density at radius 2 is 1.17 bits per heavy atom. The van der Waals surface area contributed by atoms with Gasteiger partial charge >= 0.3 is 0 Å². The Bertz CT molecular complexity index is 270. The zero-order valence-electron chi connectivity index (χ0n) is 16.0. The molecular formula is C21H41NO. The van der Waals surface area contributed by atoms with Crippen LogP contribution in [0.1, 0.15) is 110 Å². The quantitative estimate of drug-likeness (QED) is 0.322. The van der Waals surface area contributed by atoms with Crippen molar-refractivity contribution < 1.29 is 4.79 Å². The summed E-state index contributed by atoms with van der Waals surface area (Å²) >= 11 is 0. The van der Waals surface area contributed by atoms with E-state index >= 15 is 0 Å². The topological polar surface area (TPSA) is 20.3 Å². The fraction of sp³-hybridized carbons (Fsp3) is 0.952. The SMILES string of the molecule is CCCCCCCCN(CCCCCCCC)C(=O)C1CCC1. The van der Waals surface area contributed by atoms with E-state index in [0.29, 0.717) is 11.8 Å². The largest absolute Gasteiger partial charge is 0.342 e. The summed E-state index contributed by atoms with van der Waals surface area (Å²) in [7, 11) is 0. The predicted octanol–water partition coefficient (Wildman–Crippen LogP) is 6.34. The summed E-state index contributed by atoms with van der Waals surface area (Å²) in [5.41, 5.74) is 0. The van der Waals surface area contributed by atoms with E-state index in [4.69, 9.17) is 0 Å². The second-order valence-corrected chi connectivity index (χ2v) is 7.49. The lowest BCUT2D eigenvalue weighted by atomic mass is 9.84. The van der Waals surface area contributed by atoms with Gasteiger partial charge in [-0.25, -0.2) is 0 Å². The average molecular weight is 324 g/mol. The predicted molar refractivity (Wildman–Crippen MR) is 101 cm³/mol. The third-order valence-corrected chi connectivity index (χ3v) is 5.33. The molecule has 2 heteroatoms. The van der Waals surface area contributed by atoms with E-state index in [-0.39, 0.29) is 0 Å². The molecular weight excluding hydrogens is 282 g/mol. The molecule has 1 rings (SSSR count). The minimum absolute atomic E-state index is 0.371. The molecule has 1 saturated carbocycles. The lowest BCUT2D eigenvalue weighted by molar-refractivity contribution is -0.138. The molecule has 1 fully saturated rings. The fourth-order valence-corrected chi connectivity index (χ4v) is 3.41. The highest BCUT2D eigenvalue weighted by Gasteiger charge is 2.28. The van der Waals surface area contributed by atoms with Gasteiger partial charge < -0.3 is 4.90 Å². The van der Waals surface area contributed by atoms with Crippen LogP contribution < -0.4 is 0 Å². The van der Waals surface area contributed by atoms with Gasteiger partial charge in [0.2, 0.25) is 5.91 Å². The summed E-state index contributed by atoms with van der Waals surface area (Å²) < 4.78 is 0. The molecule has 0 aromatic rings. The van der Waals surface area contributed by atoms with Crippen molar-refractivity contribution in [2.24, 2.45) is 5.92 Å². The molecule has 0 heterocycles. The number of hydrogen-bond donors (Lipinski definition) is 0. The first-order valence-electron chi connectivity index (χ1n) is 10.6. The molecule has 1 aliphatic carbocycles. The van der Waals surface area contributed by atoms with Crippen LogP contribution in [-0.2, 0) is 4.79 Å². The van der Waals surface area contributed by atoms with Crippen LogP contribution in [0.3, 0.4) is 0 Å². The van der Waals surface area contributed by atoms with Crippen LogP contribution in [0.4, 0.5) is 0 Å². The van der Waals surface area contributed by atoms with Gasteiger partial charge in [0, 0.05) is 19.0 Å². The maximum Gasteiger partial charge on any atom is 0.225 e. The number of carbonyl (C=O) groups excluding carboxylic acids is 1. The number of rotatable bonds is 15. The second kappa shape index (κ2) is 13.9. The van der Waals surface area contributed by atoms with E-state index < -0.39 is 0 Å². The van der Waals surface area contributed by atoms with E-state index in [1.807, 2.05) is 0 Å². The monoisotopic (exact) mass is 323 g/mol. The Morgan fingerprint density at radius 1 is 0.739 bits per heavy atom. The number of hydrogen-bond acceptors (Lipinski definition) is 1. The Balaban J connectivity index is 2.18. The molecule has 0 atom stereocenters. The Labute approximate surface area is 145 Å². The Morgan fingerprint density at radius 3 is 1.57 bits per heavy atom. The van der Waals surface area contributed by atoms with Crippen LogP contribution in [0.2, 0.25) is 0 Å². The van der Waals surface area contributed by atoms with Crippen molar-refractivity contribution in [1.29, 1.82) is 0 Å². The molecule has 0 aromatic heterocycles. The molecule has 0 aliphatic heterocycles. The highest BCUT2D eigenvalue weighted by molar-refractivity contribution is 5.79. The number of unbranched alkanes of at least 4 members (excludes halogenated alkanes) is 10. The van der Waals surface area contributed by atoms with Crippen molar-refractivity contribution in [2.45, 2.75) is 110 Å². The van der Waals surface area contributed by atoms with Crippen LogP contribution in [-0.4, -0.2) is 23.9 Å². The summed E-state index contributed by atoms with van der Waals surface area (Å²) in [5, 5.41) is 0. The highest BCUT2D eigenvalue weighted by atomic mass is 16.2. The summed E-state index contributed by atoms with van der Waals surface area (Å²) in [6, 6.07) is 0.